The summed E-state index contributed by atoms with van der Waals surface area (Å²) in [7, 11) is -4.67. The molecule has 0 aliphatic rings. The molecule has 0 radical (unpaired) electrons. The fraction of sp³-hybridized carbons (Fsp3) is 0. The molecule has 4 aromatic carbocycles. The number of aromatic nitrogens is 2. The summed E-state index contributed by atoms with van der Waals surface area (Å²) < 4.78 is 31.6. The SMILES string of the molecule is O=S(=O)(O)O.c1ccc2c(c1)ccc1ncccc12.c1ccc2c(c1)ccc1ncccc12. The van der Waals surface area contributed by atoms with Crippen LogP contribution in [-0.4, -0.2) is 27.5 Å². The molecule has 2 heterocycles. The summed E-state index contributed by atoms with van der Waals surface area (Å²) in [5, 5.41) is 7.55. The van der Waals surface area contributed by atoms with Crippen LogP contribution in [0.5, 0.6) is 0 Å². The summed E-state index contributed by atoms with van der Waals surface area (Å²) >= 11 is 0. The van der Waals surface area contributed by atoms with Gasteiger partial charge in [-0.05, 0) is 45.8 Å². The summed E-state index contributed by atoms with van der Waals surface area (Å²) in [6.45, 7) is 0. The van der Waals surface area contributed by atoms with E-state index in [9.17, 15) is 0 Å². The summed E-state index contributed by atoms with van der Waals surface area (Å²) in [4.78, 5) is 8.66. The molecule has 33 heavy (non-hydrogen) atoms. The van der Waals surface area contributed by atoms with Crippen molar-refractivity contribution in [1.82, 2.24) is 9.97 Å². The Kier molecular flexibility index (Phi) is 6.55. The maximum Gasteiger partial charge on any atom is 0.394 e. The third-order valence-corrected chi connectivity index (χ3v) is 5.02. The number of nitrogens with zero attached hydrogens (tertiary/aromatic N) is 2. The van der Waals surface area contributed by atoms with Gasteiger partial charge >= 0.3 is 10.4 Å². The molecule has 0 amide bonds. The standard InChI is InChI=1S/2C13H9N.H2O4S/c2*1-2-5-11-10(4-1)7-8-13-12(11)6-3-9-14-13;1-5(2,3)4/h2*1-9H;(H2,1,2,3,4). The van der Waals surface area contributed by atoms with Crippen molar-refractivity contribution in [3.05, 3.63) is 109 Å². The summed E-state index contributed by atoms with van der Waals surface area (Å²) in [5.41, 5.74) is 2.12. The molecule has 0 bridgehead atoms. The van der Waals surface area contributed by atoms with Crippen LogP contribution in [0, 0.1) is 0 Å². The van der Waals surface area contributed by atoms with Crippen LogP contribution in [0.2, 0.25) is 0 Å². The van der Waals surface area contributed by atoms with Gasteiger partial charge in [0.1, 0.15) is 0 Å². The molecular formula is C26H20N2O4S. The number of fused-ring (bicyclic) bond motifs is 6. The molecule has 0 atom stereocenters. The zero-order valence-corrected chi connectivity index (χ0v) is 18.2. The summed E-state index contributed by atoms with van der Waals surface area (Å²) in [6.07, 6.45) is 3.66. The van der Waals surface area contributed by atoms with Gasteiger partial charge in [-0.1, -0.05) is 72.8 Å². The van der Waals surface area contributed by atoms with E-state index in [1.165, 1.54) is 32.3 Å². The van der Waals surface area contributed by atoms with Gasteiger partial charge in [0.05, 0.1) is 11.0 Å². The fourth-order valence-corrected chi connectivity index (χ4v) is 3.67. The molecule has 0 aliphatic carbocycles. The lowest BCUT2D eigenvalue weighted by molar-refractivity contribution is 0.381. The molecule has 6 nitrogen and oxygen atoms in total. The second-order valence-electron chi connectivity index (χ2n) is 7.16. The summed E-state index contributed by atoms with van der Waals surface area (Å²) in [6, 6.07) is 33.3. The number of hydrogen-bond acceptors (Lipinski definition) is 4. The van der Waals surface area contributed by atoms with Gasteiger partial charge in [-0.2, -0.15) is 8.42 Å². The third kappa shape index (κ3) is 5.67. The Morgan fingerprint density at radius 2 is 0.848 bits per heavy atom. The zero-order chi connectivity index (χ0) is 23.3. The second-order valence-corrected chi connectivity index (χ2v) is 8.06. The molecule has 6 rings (SSSR count). The zero-order valence-electron chi connectivity index (χ0n) is 17.4. The van der Waals surface area contributed by atoms with Crippen LogP contribution in [0.25, 0.3) is 43.4 Å². The van der Waals surface area contributed by atoms with Gasteiger partial charge in [0.15, 0.2) is 0 Å². The van der Waals surface area contributed by atoms with Crippen LogP contribution in [0.15, 0.2) is 109 Å². The molecule has 0 fully saturated rings. The van der Waals surface area contributed by atoms with E-state index in [1.54, 1.807) is 0 Å². The van der Waals surface area contributed by atoms with Gasteiger partial charge in [0, 0.05) is 23.2 Å². The predicted molar refractivity (Wildman–Crippen MR) is 133 cm³/mol. The minimum Gasteiger partial charge on any atom is -0.264 e. The van der Waals surface area contributed by atoms with Crippen molar-refractivity contribution in [2.75, 3.05) is 0 Å². The van der Waals surface area contributed by atoms with E-state index < -0.39 is 10.4 Å². The van der Waals surface area contributed by atoms with Gasteiger partial charge in [0.25, 0.3) is 0 Å². The first kappa shape index (κ1) is 22.3. The molecule has 2 N–H and O–H groups in total. The van der Waals surface area contributed by atoms with E-state index in [1.807, 2.05) is 24.5 Å². The van der Waals surface area contributed by atoms with Gasteiger partial charge in [-0.15, -0.1) is 0 Å². The molecule has 7 heteroatoms. The highest BCUT2D eigenvalue weighted by atomic mass is 32.3. The van der Waals surface area contributed by atoms with Crippen molar-refractivity contribution in [3.8, 4) is 0 Å². The lowest BCUT2D eigenvalue weighted by Crippen LogP contribution is -1.89. The summed E-state index contributed by atoms with van der Waals surface area (Å²) in [5.74, 6) is 0. The highest BCUT2D eigenvalue weighted by Crippen LogP contribution is 2.24. The Morgan fingerprint density at radius 1 is 0.485 bits per heavy atom. The highest BCUT2D eigenvalue weighted by molar-refractivity contribution is 7.79. The Morgan fingerprint density at radius 3 is 1.27 bits per heavy atom. The Labute approximate surface area is 190 Å². The predicted octanol–water partition coefficient (Wildman–Crippen LogP) is 6.12. The third-order valence-electron chi connectivity index (χ3n) is 5.02. The van der Waals surface area contributed by atoms with Crippen molar-refractivity contribution < 1.29 is 17.5 Å². The largest absolute Gasteiger partial charge is 0.394 e. The second kappa shape index (κ2) is 9.70. The minimum absolute atomic E-state index is 1.06. The molecule has 0 spiro atoms. The molecule has 0 aliphatic heterocycles. The van der Waals surface area contributed by atoms with Crippen LogP contribution in [0.3, 0.4) is 0 Å². The monoisotopic (exact) mass is 456 g/mol. The average Bonchev–Trinajstić information content (AvgIpc) is 2.83. The number of rotatable bonds is 0. The normalized spacial score (nSPS) is 11.0. The minimum atomic E-state index is -4.67. The topological polar surface area (TPSA) is 100 Å². The van der Waals surface area contributed by atoms with Crippen LogP contribution in [-0.2, 0) is 10.4 Å². The maximum absolute atomic E-state index is 8.74. The molecule has 6 aromatic rings. The van der Waals surface area contributed by atoms with E-state index in [0.717, 1.165) is 11.0 Å². The van der Waals surface area contributed by atoms with Gasteiger partial charge in [-0.25, -0.2) is 0 Å². The van der Waals surface area contributed by atoms with E-state index >= 15 is 0 Å². The van der Waals surface area contributed by atoms with Crippen LogP contribution in [0.1, 0.15) is 0 Å². The quantitative estimate of drug-likeness (QED) is 0.211. The molecule has 164 valence electrons. The van der Waals surface area contributed by atoms with Crippen molar-refractivity contribution in [1.29, 1.82) is 0 Å². The fourth-order valence-electron chi connectivity index (χ4n) is 3.67. The first-order chi connectivity index (χ1) is 15.9. The maximum atomic E-state index is 8.74. The van der Waals surface area contributed by atoms with Crippen molar-refractivity contribution >= 4 is 53.7 Å². The highest BCUT2D eigenvalue weighted by Gasteiger charge is 1.99. The lowest BCUT2D eigenvalue weighted by Gasteiger charge is -2.01. The van der Waals surface area contributed by atoms with Crippen LogP contribution >= 0.6 is 0 Å². The Balaban J connectivity index is 0.000000132. The van der Waals surface area contributed by atoms with E-state index in [-0.39, 0.29) is 0 Å². The van der Waals surface area contributed by atoms with E-state index in [2.05, 4.69) is 94.9 Å². The van der Waals surface area contributed by atoms with Crippen molar-refractivity contribution in [3.63, 3.8) is 0 Å². The van der Waals surface area contributed by atoms with Gasteiger partial charge in [0.2, 0.25) is 0 Å². The first-order valence-corrected chi connectivity index (χ1v) is 11.4. The Bertz CT molecular complexity index is 1440. The molecule has 0 saturated heterocycles. The van der Waals surface area contributed by atoms with Crippen LogP contribution in [0.4, 0.5) is 0 Å². The molecule has 2 aromatic heterocycles. The molecule has 0 unspecified atom stereocenters. The molecular weight excluding hydrogens is 436 g/mol. The van der Waals surface area contributed by atoms with E-state index in [4.69, 9.17) is 17.5 Å². The van der Waals surface area contributed by atoms with Gasteiger partial charge < -0.3 is 0 Å². The number of benzene rings is 4. The number of hydrogen-bond donors (Lipinski definition) is 2. The lowest BCUT2D eigenvalue weighted by atomic mass is 10.1. The van der Waals surface area contributed by atoms with Crippen molar-refractivity contribution in [2.24, 2.45) is 0 Å². The van der Waals surface area contributed by atoms with Gasteiger partial charge in [-0.3, -0.25) is 19.1 Å². The average molecular weight is 457 g/mol. The van der Waals surface area contributed by atoms with E-state index in [0.29, 0.717) is 0 Å². The first-order valence-electron chi connectivity index (χ1n) is 10.0. The number of pyridine rings is 2. The molecule has 0 saturated carbocycles. The van der Waals surface area contributed by atoms with Crippen LogP contribution < -0.4 is 0 Å². The smallest absolute Gasteiger partial charge is 0.264 e. The Hall–Kier alpha value is -3.91. The van der Waals surface area contributed by atoms with Crippen molar-refractivity contribution in [2.45, 2.75) is 0 Å².